The summed E-state index contributed by atoms with van der Waals surface area (Å²) < 4.78 is 8.10. The zero-order valence-corrected chi connectivity index (χ0v) is 12.3. The van der Waals surface area contributed by atoms with Gasteiger partial charge in [0, 0.05) is 18.4 Å². The van der Waals surface area contributed by atoms with Crippen molar-refractivity contribution in [3.63, 3.8) is 0 Å². The van der Waals surface area contributed by atoms with E-state index in [9.17, 15) is 10.1 Å². The Balaban J connectivity index is 2.42. The van der Waals surface area contributed by atoms with Crippen LogP contribution in [0.25, 0.3) is 0 Å². The smallest absolute Gasteiger partial charge is 0.427 e. The standard InChI is InChI=1S/C12H12BrN3O3/c1-7-6-9(4-5-10(7)13)19-12-11(16(17)18)14-8(2)15(12)3/h4-6H,1-3H3. The lowest BCUT2D eigenvalue weighted by atomic mass is 10.2. The number of aryl methyl sites for hydroxylation is 2. The summed E-state index contributed by atoms with van der Waals surface area (Å²) in [6.45, 7) is 3.60. The normalized spacial score (nSPS) is 10.5. The maximum atomic E-state index is 10.9. The van der Waals surface area contributed by atoms with Gasteiger partial charge in [-0.3, -0.25) is 4.57 Å². The Bertz CT molecular complexity index is 652. The molecule has 0 saturated carbocycles. The quantitative estimate of drug-likeness (QED) is 0.639. The number of nitro groups is 1. The van der Waals surface area contributed by atoms with E-state index in [0.29, 0.717) is 11.6 Å². The fourth-order valence-electron chi connectivity index (χ4n) is 1.60. The third kappa shape index (κ3) is 2.60. The molecule has 1 aromatic heterocycles. The molecular formula is C12H12BrN3O3. The van der Waals surface area contributed by atoms with Crippen molar-refractivity contribution in [3.8, 4) is 11.6 Å². The van der Waals surface area contributed by atoms with E-state index in [0.717, 1.165) is 10.0 Å². The summed E-state index contributed by atoms with van der Waals surface area (Å²) in [5.74, 6) is 0.909. The fraction of sp³-hybridized carbons (Fsp3) is 0.250. The number of rotatable bonds is 3. The molecule has 6 nitrogen and oxygen atoms in total. The van der Waals surface area contributed by atoms with E-state index in [1.54, 1.807) is 30.7 Å². The molecule has 0 amide bonds. The molecule has 0 atom stereocenters. The van der Waals surface area contributed by atoms with Gasteiger partial charge < -0.3 is 14.9 Å². The molecule has 0 radical (unpaired) electrons. The molecule has 2 rings (SSSR count). The summed E-state index contributed by atoms with van der Waals surface area (Å²) >= 11 is 3.39. The molecule has 0 aliphatic carbocycles. The Kier molecular flexibility index (Phi) is 3.57. The van der Waals surface area contributed by atoms with Crippen molar-refractivity contribution in [3.05, 3.63) is 44.2 Å². The summed E-state index contributed by atoms with van der Waals surface area (Å²) in [5.41, 5.74) is 0.985. The van der Waals surface area contributed by atoms with E-state index in [1.807, 2.05) is 13.0 Å². The molecule has 0 spiro atoms. The van der Waals surface area contributed by atoms with Crippen LogP contribution in [0, 0.1) is 24.0 Å². The molecule has 0 aliphatic rings. The Labute approximate surface area is 118 Å². The Hall–Kier alpha value is -1.89. The molecule has 0 aliphatic heterocycles. The second kappa shape index (κ2) is 5.00. The first-order chi connectivity index (χ1) is 8.90. The molecule has 1 aromatic carbocycles. The highest BCUT2D eigenvalue weighted by Crippen LogP contribution is 2.32. The van der Waals surface area contributed by atoms with Crippen LogP contribution in [0.5, 0.6) is 11.6 Å². The van der Waals surface area contributed by atoms with Crippen LogP contribution in [-0.2, 0) is 7.05 Å². The van der Waals surface area contributed by atoms with Crippen molar-refractivity contribution in [1.82, 2.24) is 9.55 Å². The Morgan fingerprint density at radius 2 is 2.11 bits per heavy atom. The lowest BCUT2D eigenvalue weighted by molar-refractivity contribution is -0.390. The van der Waals surface area contributed by atoms with Crippen molar-refractivity contribution in [1.29, 1.82) is 0 Å². The van der Waals surface area contributed by atoms with Gasteiger partial charge in [0.1, 0.15) is 5.75 Å². The molecule has 0 bridgehead atoms. The molecule has 7 heteroatoms. The van der Waals surface area contributed by atoms with E-state index in [1.165, 1.54) is 0 Å². The largest absolute Gasteiger partial charge is 0.434 e. The highest BCUT2D eigenvalue weighted by molar-refractivity contribution is 9.10. The highest BCUT2D eigenvalue weighted by atomic mass is 79.9. The number of aromatic nitrogens is 2. The van der Waals surface area contributed by atoms with Gasteiger partial charge in [-0.2, -0.15) is 0 Å². The van der Waals surface area contributed by atoms with E-state index in [4.69, 9.17) is 4.74 Å². The molecule has 0 fully saturated rings. The van der Waals surface area contributed by atoms with Crippen LogP contribution >= 0.6 is 15.9 Å². The number of imidazole rings is 1. The zero-order chi connectivity index (χ0) is 14.2. The lowest BCUT2D eigenvalue weighted by Gasteiger charge is -2.07. The molecule has 0 saturated heterocycles. The van der Waals surface area contributed by atoms with Gasteiger partial charge in [0.2, 0.25) is 5.82 Å². The van der Waals surface area contributed by atoms with E-state index >= 15 is 0 Å². The van der Waals surface area contributed by atoms with Gasteiger partial charge in [0.25, 0.3) is 0 Å². The minimum atomic E-state index is -0.548. The van der Waals surface area contributed by atoms with Gasteiger partial charge in [0.15, 0.2) is 0 Å². The summed E-state index contributed by atoms with van der Waals surface area (Å²) in [4.78, 5) is 14.3. The molecular weight excluding hydrogens is 314 g/mol. The van der Waals surface area contributed by atoms with Gasteiger partial charge in [-0.25, -0.2) is 0 Å². The van der Waals surface area contributed by atoms with Crippen LogP contribution < -0.4 is 4.74 Å². The summed E-state index contributed by atoms with van der Waals surface area (Å²) in [5, 5.41) is 10.9. The molecule has 0 N–H and O–H groups in total. The predicted octanol–water partition coefficient (Wildman–Crippen LogP) is 3.50. The van der Waals surface area contributed by atoms with Gasteiger partial charge in [0.05, 0.1) is 0 Å². The fourth-order valence-corrected chi connectivity index (χ4v) is 1.84. The van der Waals surface area contributed by atoms with Gasteiger partial charge in [-0.05, 0) is 40.6 Å². The number of halogens is 1. The number of hydrogen-bond acceptors (Lipinski definition) is 4. The molecule has 0 unspecified atom stereocenters. The van der Waals surface area contributed by atoms with Crippen LogP contribution in [-0.4, -0.2) is 14.5 Å². The first-order valence-electron chi connectivity index (χ1n) is 5.52. The van der Waals surface area contributed by atoms with Crippen LogP contribution in [0.3, 0.4) is 0 Å². The molecule has 2 aromatic rings. The number of benzene rings is 1. The number of hydrogen-bond donors (Lipinski definition) is 0. The zero-order valence-electron chi connectivity index (χ0n) is 10.7. The van der Waals surface area contributed by atoms with Crippen molar-refractivity contribution in [2.45, 2.75) is 13.8 Å². The van der Waals surface area contributed by atoms with Gasteiger partial charge >= 0.3 is 11.7 Å². The van der Waals surface area contributed by atoms with Crippen molar-refractivity contribution in [2.75, 3.05) is 0 Å². The van der Waals surface area contributed by atoms with Gasteiger partial charge in [-0.1, -0.05) is 15.9 Å². The second-order valence-corrected chi connectivity index (χ2v) is 4.97. The average Bonchev–Trinajstić information content (AvgIpc) is 2.62. The Morgan fingerprint density at radius 3 is 2.68 bits per heavy atom. The first kappa shape index (κ1) is 13.5. The molecule has 100 valence electrons. The highest BCUT2D eigenvalue weighted by Gasteiger charge is 2.25. The lowest BCUT2D eigenvalue weighted by Crippen LogP contribution is -1.97. The third-order valence-corrected chi connectivity index (χ3v) is 3.66. The van der Waals surface area contributed by atoms with Gasteiger partial charge in [-0.15, -0.1) is 0 Å². The van der Waals surface area contributed by atoms with E-state index < -0.39 is 4.92 Å². The topological polar surface area (TPSA) is 70.2 Å². The van der Waals surface area contributed by atoms with Crippen LogP contribution in [0.4, 0.5) is 5.82 Å². The van der Waals surface area contributed by atoms with Crippen LogP contribution in [0.2, 0.25) is 0 Å². The average molecular weight is 326 g/mol. The Morgan fingerprint density at radius 1 is 1.42 bits per heavy atom. The third-order valence-electron chi connectivity index (χ3n) is 2.77. The number of ether oxygens (including phenoxy) is 1. The van der Waals surface area contributed by atoms with Crippen LogP contribution in [0.1, 0.15) is 11.4 Å². The monoisotopic (exact) mass is 325 g/mol. The minimum absolute atomic E-state index is 0.129. The number of nitrogens with zero attached hydrogens (tertiary/aromatic N) is 3. The van der Waals surface area contributed by atoms with Crippen molar-refractivity contribution >= 4 is 21.7 Å². The van der Waals surface area contributed by atoms with E-state index in [-0.39, 0.29) is 11.7 Å². The van der Waals surface area contributed by atoms with Crippen molar-refractivity contribution < 1.29 is 9.66 Å². The van der Waals surface area contributed by atoms with E-state index in [2.05, 4.69) is 20.9 Å². The predicted molar refractivity (Wildman–Crippen MR) is 73.6 cm³/mol. The van der Waals surface area contributed by atoms with Crippen LogP contribution in [0.15, 0.2) is 22.7 Å². The maximum Gasteiger partial charge on any atom is 0.427 e. The maximum absolute atomic E-state index is 10.9. The van der Waals surface area contributed by atoms with Crippen molar-refractivity contribution in [2.24, 2.45) is 7.05 Å². The second-order valence-electron chi connectivity index (χ2n) is 4.12. The SMILES string of the molecule is Cc1cc(Oc2c([N+](=O)[O-])nc(C)n2C)ccc1Br. The molecule has 1 heterocycles. The first-order valence-corrected chi connectivity index (χ1v) is 6.31. The summed E-state index contributed by atoms with van der Waals surface area (Å²) in [6.07, 6.45) is 0. The summed E-state index contributed by atoms with van der Waals surface area (Å²) in [7, 11) is 1.68. The minimum Gasteiger partial charge on any atom is -0.434 e. The summed E-state index contributed by atoms with van der Waals surface area (Å²) in [6, 6.07) is 5.37. The molecule has 19 heavy (non-hydrogen) atoms.